The number of nitrogens with zero attached hydrogens (tertiary/aromatic N) is 1. The third kappa shape index (κ3) is 6.30. The van der Waals surface area contributed by atoms with Gasteiger partial charge in [-0.15, -0.1) is 0 Å². The van der Waals surface area contributed by atoms with E-state index in [-0.39, 0.29) is 29.9 Å². The molecular formula is C27H32N2O3S. The Bertz CT molecular complexity index is 1190. The molecule has 1 amide bonds. The lowest BCUT2D eigenvalue weighted by Gasteiger charge is -2.24. The summed E-state index contributed by atoms with van der Waals surface area (Å²) in [4.78, 5) is 13.2. The lowest BCUT2D eigenvalue weighted by molar-refractivity contribution is -0.121. The van der Waals surface area contributed by atoms with Crippen LogP contribution in [0.25, 0.3) is 0 Å². The molecular weight excluding hydrogens is 432 g/mol. The molecule has 5 nitrogen and oxygen atoms in total. The minimum atomic E-state index is -3.81. The standard InChI is InChI=1S/C27H32N2O3S/c1-20-17-22(3)26(18-21(20)2)23(4)28-27(30)19-29(16-15-24-11-7-5-8-12-24)33(31,32)25-13-9-6-10-14-25/h5-14,17-18,23H,15-16,19H2,1-4H3,(H,28,30)/t23-/m0/s1. The van der Waals surface area contributed by atoms with Crippen LogP contribution in [0.2, 0.25) is 0 Å². The molecule has 0 saturated carbocycles. The quantitative estimate of drug-likeness (QED) is 0.498. The normalized spacial score (nSPS) is 12.5. The van der Waals surface area contributed by atoms with E-state index in [0.717, 1.165) is 22.3 Å². The van der Waals surface area contributed by atoms with Crippen molar-refractivity contribution in [1.82, 2.24) is 9.62 Å². The molecule has 0 aliphatic carbocycles. The number of hydrogen-bond donors (Lipinski definition) is 1. The zero-order chi connectivity index (χ0) is 24.0. The minimum absolute atomic E-state index is 0.184. The molecule has 6 heteroatoms. The van der Waals surface area contributed by atoms with Crippen LogP contribution in [0.15, 0.2) is 77.7 Å². The van der Waals surface area contributed by atoms with Gasteiger partial charge >= 0.3 is 0 Å². The molecule has 0 aromatic heterocycles. The summed E-state index contributed by atoms with van der Waals surface area (Å²) in [6.07, 6.45) is 0.520. The average molecular weight is 465 g/mol. The third-order valence-electron chi connectivity index (χ3n) is 5.92. The fourth-order valence-electron chi connectivity index (χ4n) is 3.90. The lowest BCUT2D eigenvalue weighted by Crippen LogP contribution is -2.42. The molecule has 0 radical (unpaired) electrons. The second-order valence-electron chi connectivity index (χ2n) is 8.47. The molecule has 174 valence electrons. The average Bonchev–Trinajstić information content (AvgIpc) is 2.80. The fourth-order valence-corrected chi connectivity index (χ4v) is 5.32. The Morgan fingerprint density at radius 2 is 1.45 bits per heavy atom. The van der Waals surface area contributed by atoms with Crippen LogP contribution < -0.4 is 5.32 Å². The number of carbonyl (C=O) groups excluding carboxylic acids is 1. The zero-order valence-electron chi connectivity index (χ0n) is 19.7. The molecule has 3 aromatic rings. The highest BCUT2D eigenvalue weighted by Gasteiger charge is 2.27. The highest BCUT2D eigenvalue weighted by atomic mass is 32.2. The van der Waals surface area contributed by atoms with E-state index in [1.54, 1.807) is 30.3 Å². The summed E-state index contributed by atoms with van der Waals surface area (Å²) in [6, 6.07) is 21.9. The summed E-state index contributed by atoms with van der Waals surface area (Å²) in [7, 11) is -3.81. The number of hydrogen-bond acceptors (Lipinski definition) is 3. The summed E-state index contributed by atoms with van der Waals surface area (Å²) in [6.45, 7) is 8.04. The van der Waals surface area contributed by atoms with Gasteiger partial charge in [0.15, 0.2) is 0 Å². The van der Waals surface area contributed by atoms with E-state index in [1.165, 1.54) is 9.87 Å². The Kier molecular flexibility index (Phi) is 8.06. The van der Waals surface area contributed by atoms with Crippen LogP contribution in [0.5, 0.6) is 0 Å². The Hall–Kier alpha value is -2.96. The SMILES string of the molecule is Cc1cc(C)c([C@H](C)NC(=O)CN(CCc2ccccc2)S(=O)(=O)c2ccccc2)cc1C. The van der Waals surface area contributed by atoms with Crippen molar-refractivity contribution in [2.24, 2.45) is 0 Å². The molecule has 3 aromatic carbocycles. The number of rotatable bonds is 9. The Balaban J connectivity index is 1.78. The van der Waals surface area contributed by atoms with Gasteiger partial charge in [-0.05, 0) is 74.1 Å². The molecule has 0 aliphatic heterocycles. The van der Waals surface area contributed by atoms with E-state index in [9.17, 15) is 13.2 Å². The number of nitrogens with one attached hydrogen (secondary N) is 1. The van der Waals surface area contributed by atoms with Gasteiger partial charge in [0.1, 0.15) is 0 Å². The summed E-state index contributed by atoms with van der Waals surface area (Å²) < 4.78 is 27.9. The van der Waals surface area contributed by atoms with Gasteiger partial charge in [0.2, 0.25) is 15.9 Å². The maximum Gasteiger partial charge on any atom is 0.243 e. The monoisotopic (exact) mass is 464 g/mol. The molecule has 0 bridgehead atoms. The van der Waals surface area contributed by atoms with E-state index >= 15 is 0 Å². The van der Waals surface area contributed by atoms with Gasteiger partial charge in [0.05, 0.1) is 17.5 Å². The van der Waals surface area contributed by atoms with Crippen LogP contribution in [0, 0.1) is 20.8 Å². The first-order valence-corrected chi connectivity index (χ1v) is 12.6. The maximum atomic E-state index is 13.3. The predicted octanol–water partition coefficient (Wildman–Crippen LogP) is 4.72. The number of aryl methyl sites for hydroxylation is 3. The van der Waals surface area contributed by atoms with Crippen LogP contribution >= 0.6 is 0 Å². The van der Waals surface area contributed by atoms with Crippen molar-refractivity contribution in [1.29, 1.82) is 0 Å². The van der Waals surface area contributed by atoms with Gasteiger partial charge in [0.25, 0.3) is 0 Å². The van der Waals surface area contributed by atoms with Crippen LogP contribution in [-0.4, -0.2) is 31.7 Å². The van der Waals surface area contributed by atoms with Crippen LogP contribution in [0.1, 0.15) is 40.8 Å². The van der Waals surface area contributed by atoms with Crippen molar-refractivity contribution >= 4 is 15.9 Å². The smallest absolute Gasteiger partial charge is 0.243 e. The highest BCUT2D eigenvalue weighted by molar-refractivity contribution is 7.89. The van der Waals surface area contributed by atoms with Gasteiger partial charge in [-0.3, -0.25) is 4.79 Å². The van der Waals surface area contributed by atoms with Crippen LogP contribution in [0.4, 0.5) is 0 Å². The Morgan fingerprint density at radius 1 is 0.879 bits per heavy atom. The highest BCUT2D eigenvalue weighted by Crippen LogP contribution is 2.22. The molecule has 3 rings (SSSR count). The van der Waals surface area contributed by atoms with Gasteiger partial charge < -0.3 is 5.32 Å². The summed E-state index contributed by atoms with van der Waals surface area (Å²) in [5.41, 5.74) is 5.52. The molecule has 1 N–H and O–H groups in total. The second kappa shape index (κ2) is 10.8. The topological polar surface area (TPSA) is 66.5 Å². The number of amides is 1. The lowest BCUT2D eigenvalue weighted by atomic mass is 9.96. The third-order valence-corrected chi connectivity index (χ3v) is 7.78. The van der Waals surface area contributed by atoms with Crippen molar-refractivity contribution in [2.75, 3.05) is 13.1 Å². The summed E-state index contributed by atoms with van der Waals surface area (Å²) >= 11 is 0. The number of sulfonamides is 1. The van der Waals surface area contributed by atoms with E-state index in [0.29, 0.717) is 6.42 Å². The van der Waals surface area contributed by atoms with Gasteiger partial charge in [-0.2, -0.15) is 4.31 Å². The molecule has 1 atom stereocenters. The van der Waals surface area contributed by atoms with Crippen molar-refractivity contribution in [3.8, 4) is 0 Å². The number of benzene rings is 3. The van der Waals surface area contributed by atoms with Gasteiger partial charge in [-0.1, -0.05) is 60.7 Å². The fraction of sp³-hybridized carbons (Fsp3) is 0.296. The van der Waals surface area contributed by atoms with Crippen LogP contribution in [-0.2, 0) is 21.2 Å². The Morgan fingerprint density at radius 3 is 2.09 bits per heavy atom. The molecule has 0 heterocycles. The first kappa shape index (κ1) is 24.7. The van der Waals surface area contributed by atoms with E-state index in [4.69, 9.17) is 0 Å². The molecule has 33 heavy (non-hydrogen) atoms. The summed E-state index contributed by atoms with van der Waals surface area (Å²) in [5.74, 6) is -0.326. The first-order valence-electron chi connectivity index (χ1n) is 11.1. The largest absolute Gasteiger partial charge is 0.348 e. The molecule has 0 aliphatic rings. The second-order valence-corrected chi connectivity index (χ2v) is 10.4. The van der Waals surface area contributed by atoms with Crippen molar-refractivity contribution in [2.45, 2.75) is 45.1 Å². The van der Waals surface area contributed by atoms with Crippen molar-refractivity contribution in [3.63, 3.8) is 0 Å². The van der Waals surface area contributed by atoms with E-state index in [2.05, 4.69) is 24.4 Å². The van der Waals surface area contributed by atoms with Crippen molar-refractivity contribution in [3.05, 3.63) is 101 Å². The molecule has 0 fully saturated rings. The summed E-state index contributed by atoms with van der Waals surface area (Å²) in [5, 5.41) is 2.99. The first-order chi connectivity index (χ1) is 15.7. The van der Waals surface area contributed by atoms with E-state index < -0.39 is 10.0 Å². The minimum Gasteiger partial charge on any atom is -0.348 e. The number of carbonyl (C=O) groups is 1. The molecule has 0 spiro atoms. The van der Waals surface area contributed by atoms with Crippen LogP contribution in [0.3, 0.4) is 0 Å². The van der Waals surface area contributed by atoms with Gasteiger partial charge in [-0.25, -0.2) is 8.42 Å². The predicted molar refractivity (Wildman–Crippen MR) is 133 cm³/mol. The van der Waals surface area contributed by atoms with E-state index in [1.807, 2.05) is 51.1 Å². The molecule has 0 unspecified atom stereocenters. The Labute approximate surface area is 197 Å². The molecule has 0 saturated heterocycles. The van der Waals surface area contributed by atoms with Gasteiger partial charge in [0, 0.05) is 6.54 Å². The van der Waals surface area contributed by atoms with Crippen molar-refractivity contribution < 1.29 is 13.2 Å². The zero-order valence-corrected chi connectivity index (χ0v) is 20.5. The maximum absolute atomic E-state index is 13.3.